The first-order valence-corrected chi connectivity index (χ1v) is 9.98. The molecule has 1 saturated heterocycles. The lowest BCUT2D eigenvalue weighted by Gasteiger charge is -2.35. The zero-order valence-corrected chi connectivity index (χ0v) is 16.8. The van der Waals surface area contributed by atoms with Crippen LogP contribution in [-0.4, -0.2) is 65.1 Å². The van der Waals surface area contributed by atoms with Crippen LogP contribution in [0.25, 0.3) is 0 Å². The van der Waals surface area contributed by atoms with E-state index in [-0.39, 0.29) is 23.9 Å². The number of hydrogen-bond acceptors (Lipinski definition) is 5. The molecular formula is C22H25N3O4. The minimum absolute atomic E-state index is 0.0838. The number of rotatable bonds is 5. The maximum Gasteiger partial charge on any atom is 0.261 e. The van der Waals surface area contributed by atoms with E-state index < -0.39 is 5.91 Å². The fraction of sp³-hybridized carbons (Fsp3) is 0.409. The highest BCUT2D eigenvalue weighted by molar-refractivity contribution is 6.22. The zero-order valence-electron chi connectivity index (χ0n) is 16.8. The van der Waals surface area contributed by atoms with Gasteiger partial charge in [-0.1, -0.05) is 13.8 Å². The minimum Gasteiger partial charge on any atom is -0.467 e. The molecular weight excluding hydrogens is 370 g/mol. The van der Waals surface area contributed by atoms with Crippen molar-refractivity contribution >= 4 is 17.7 Å². The van der Waals surface area contributed by atoms with Crippen molar-refractivity contribution in [1.82, 2.24) is 14.7 Å². The molecule has 1 fully saturated rings. The molecule has 1 aromatic heterocycles. The van der Waals surface area contributed by atoms with Gasteiger partial charge in [0.15, 0.2) is 0 Å². The molecule has 0 N–H and O–H groups in total. The zero-order chi connectivity index (χ0) is 20.5. The van der Waals surface area contributed by atoms with Crippen molar-refractivity contribution in [3.8, 4) is 0 Å². The summed E-state index contributed by atoms with van der Waals surface area (Å²) in [4.78, 5) is 43.6. The molecule has 0 atom stereocenters. The molecule has 1 aromatic carbocycles. The van der Waals surface area contributed by atoms with Gasteiger partial charge in [-0.05, 0) is 36.2 Å². The summed E-state index contributed by atoms with van der Waals surface area (Å²) < 4.78 is 5.25. The molecule has 0 bridgehead atoms. The second-order valence-electron chi connectivity index (χ2n) is 8.02. The molecule has 0 radical (unpaired) electrons. The summed E-state index contributed by atoms with van der Waals surface area (Å²) in [6.07, 6.45) is 1.51. The number of imide groups is 1. The van der Waals surface area contributed by atoms with E-state index in [2.05, 4.69) is 18.7 Å². The van der Waals surface area contributed by atoms with Gasteiger partial charge >= 0.3 is 0 Å². The Labute approximate surface area is 169 Å². The fourth-order valence-electron chi connectivity index (χ4n) is 3.96. The maximum atomic E-state index is 12.9. The van der Waals surface area contributed by atoms with Gasteiger partial charge in [0.2, 0.25) is 0 Å². The summed E-state index contributed by atoms with van der Waals surface area (Å²) in [5.41, 5.74) is 1.06. The van der Waals surface area contributed by atoms with Gasteiger partial charge in [-0.15, -0.1) is 0 Å². The molecule has 3 amide bonds. The SMILES string of the molecule is CC(C)CN1CCN(C(=O)c2ccc3c(c2)C(=O)N(Cc2ccco2)C3=O)CC1. The Morgan fingerprint density at radius 3 is 2.41 bits per heavy atom. The van der Waals surface area contributed by atoms with Crippen LogP contribution in [0.5, 0.6) is 0 Å². The summed E-state index contributed by atoms with van der Waals surface area (Å²) in [5, 5.41) is 0. The number of furan rings is 1. The Kier molecular flexibility index (Phi) is 5.24. The Morgan fingerprint density at radius 2 is 1.76 bits per heavy atom. The van der Waals surface area contributed by atoms with Crippen LogP contribution in [0.3, 0.4) is 0 Å². The maximum absolute atomic E-state index is 12.9. The summed E-state index contributed by atoms with van der Waals surface area (Å²) in [6.45, 7) is 8.53. The molecule has 152 valence electrons. The molecule has 29 heavy (non-hydrogen) atoms. The number of benzene rings is 1. The van der Waals surface area contributed by atoms with E-state index in [0.29, 0.717) is 35.9 Å². The van der Waals surface area contributed by atoms with Crippen LogP contribution in [-0.2, 0) is 6.54 Å². The third-order valence-electron chi connectivity index (χ3n) is 5.39. The second-order valence-corrected chi connectivity index (χ2v) is 8.02. The van der Waals surface area contributed by atoms with Crippen molar-refractivity contribution in [3.05, 3.63) is 59.0 Å². The second kappa shape index (κ2) is 7.83. The van der Waals surface area contributed by atoms with Crippen molar-refractivity contribution < 1.29 is 18.8 Å². The van der Waals surface area contributed by atoms with E-state index in [9.17, 15) is 14.4 Å². The molecule has 0 spiro atoms. The van der Waals surface area contributed by atoms with E-state index >= 15 is 0 Å². The molecule has 2 aliphatic rings. The Hall–Kier alpha value is -2.93. The molecule has 3 heterocycles. The van der Waals surface area contributed by atoms with Gasteiger partial charge < -0.3 is 9.32 Å². The predicted molar refractivity (Wildman–Crippen MR) is 107 cm³/mol. The highest BCUT2D eigenvalue weighted by atomic mass is 16.3. The van der Waals surface area contributed by atoms with Gasteiger partial charge in [-0.25, -0.2) is 0 Å². The van der Waals surface area contributed by atoms with Crippen molar-refractivity contribution in [2.75, 3.05) is 32.7 Å². The highest BCUT2D eigenvalue weighted by Crippen LogP contribution is 2.26. The summed E-state index contributed by atoms with van der Waals surface area (Å²) in [7, 11) is 0. The summed E-state index contributed by atoms with van der Waals surface area (Å²) >= 11 is 0. The normalized spacial score (nSPS) is 17.3. The number of amides is 3. The third-order valence-corrected chi connectivity index (χ3v) is 5.39. The van der Waals surface area contributed by atoms with Crippen LogP contribution in [0, 0.1) is 5.92 Å². The molecule has 0 saturated carbocycles. The van der Waals surface area contributed by atoms with Crippen LogP contribution in [0.15, 0.2) is 41.0 Å². The van der Waals surface area contributed by atoms with Gasteiger partial charge in [-0.2, -0.15) is 0 Å². The largest absolute Gasteiger partial charge is 0.467 e. The lowest BCUT2D eigenvalue weighted by Crippen LogP contribution is -2.49. The number of fused-ring (bicyclic) bond motifs is 1. The molecule has 0 aliphatic carbocycles. The Bertz CT molecular complexity index is 928. The summed E-state index contributed by atoms with van der Waals surface area (Å²) in [5.74, 6) is 0.291. The van der Waals surface area contributed by atoms with E-state index in [0.717, 1.165) is 24.5 Å². The first kappa shape index (κ1) is 19.4. The van der Waals surface area contributed by atoms with Crippen LogP contribution in [0.2, 0.25) is 0 Å². The quantitative estimate of drug-likeness (QED) is 0.727. The molecule has 2 aliphatic heterocycles. The van der Waals surface area contributed by atoms with E-state index in [1.165, 1.54) is 6.26 Å². The highest BCUT2D eigenvalue weighted by Gasteiger charge is 2.37. The Morgan fingerprint density at radius 1 is 1.03 bits per heavy atom. The van der Waals surface area contributed by atoms with Crippen molar-refractivity contribution in [2.24, 2.45) is 5.92 Å². The van der Waals surface area contributed by atoms with Crippen LogP contribution in [0.1, 0.15) is 50.7 Å². The first-order chi connectivity index (χ1) is 13.9. The van der Waals surface area contributed by atoms with E-state index in [1.807, 2.05) is 4.90 Å². The monoisotopic (exact) mass is 395 g/mol. The van der Waals surface area contributed by atoms with Gasteiger partial charge in [0.25, 0.3) is 17.7 Å². The predicted octanol–water partition coefficient (Wildman–Crippen LogP) is 2.49. The summed E-state index contributed by atoms with van der Waals surface area (Å²) in [6, 6.07) is 8.21. The molecule has 7 nitrogen and oxygen atoms in total. The van der Waals surface area contributed by atoms with Crippen LogP contribution in [0.4, 0.5) is 0 Å². The van der Waals surface area contributed by atoms with Crippen molar-refractivity contribution in [3.63, 3.8) is 0 Å². The number of carbonyl (C=O) groups excluding carboxylic acids is 3. The van der Waals surface area contributed by atoms with E-state index in [4.69, 9.17) is 4.42 Å². The van der Waals surface area contributed by atoms with Gasteiger partial charge in [0.1, 0.15) is 5.76 Å². The Balaban J connectivity index is 1.47. The average Bonchev–Trinajstić information content (AvgIpc) is 3.30. The number of carbonyl (C=O) groups is 3. The number of piperazine rings is 1. The number of nitrogens with zero attached hydrogens (tertiary/aromatic N) is 3. The topological polar surface area (TPSA) is 74.1 Å². The van der Waals surface area contributed by atoms with Crippen LogP contribution >= 0.6 is 0 Å². The molecule has 4 rings (SSSR count). The molecule has 0 unspecified atom stereocenters. The smallest absolute Gasteiger partial charge is 0.261 e. The fourth-order valence-corrected chi connectivity index (χ4v) is 3.96. The average molecular weight is 395 g/mol. The van der Waals surface area contributed by atoms with Crippen molar-refractivity contribution in [1.29, 1.82) is 0 Å². The molecule has 2 aromatic rings. The van der Waals surface area contributed by atoms with E-state index in [1.54, 1.807) is 30.3 Å². The number of hydrogen-bond donors (Lipinski definition) is 0. The lowest BCUT2D eigenvalue weighted by atomic mass is 10.0. The standard InChI is InChI=1S/C22H25N3O4/c1-15(2)13-23-7-9-24(10-8-23)20(26)16-5-6-18-19(12-16)22(28)25(21(18)27)14-17-4-3-11-29-17/h3-6,11-12,15H,7-10,13-14H2,1-2H3. The van der Waals surface area contributed by atoms with Crippen molar-refractivity contribution in [2.45, 2.75) is 20.4 Å². The van der Waals surface area contributed by atoms with Gasteiger partial charge in [0.05, 0.1) is 23.9 Å². The minimum atomic E-state index is -0.391. The first-order valence-electron chi connectivity index (χ1n) is 9.98. The van der Waals surface area contributed by atoms with Gasteiger partial charge in [-0.3, -0.25) is 24.2 Å². The lowest BCUT2D eigenvalue weighted by molar-refractivity contribution is 0.0620. The van der Waals surface area contributed by atoms with Gasteiger partial charge in [0, 0.05) is 38.3 Å². The van der Waals surface area contributed by atoms with Crippen LogP contribution < -0.4 is 0 Å². The third kappa shape index (κ3) is 3.82. The molecule has 7 heteroatoms.